The Morgan fingerprint density at radius 1 is 1.14 bits per heavy atom. The molecule has 1 aliphatic carbocycles. The molecule has 2 bridgehead atoms. The van der Waals surface area contributed by atoms with Crippen molar-refractivity contribution in [2.75, 3.05) is 6.61 Å². The standard InChI is InChI=1S/C29H40O6/c1-17(2)21-11-8-20(9-12-21)10-14-24(31)34-27-26-19(5)7-13-22(26)28(6)23(33-25(32)16-30)15-29(27,35-28)18(3)4/h8-12,14,17-19,22-23,26-27,30H,7,13,15-16H2,1-6H3/b14-10+/t19-,22-,23-,26-,27+,28+,29?/m1/s1. The lowest BCUT2D eigenvalue weighted by molar-refractivity contribution is -0.264. The van der Waals surface area contributed by atoms with Crippen molar-refractivity contribution in [3.05, 3.63) is 41.5 Å². The van der Waals surface area contributed by atoms with Crippen molar-refractivity contribution in [1.82, 2.24) is 0 Å². The molecule has 1 aromatic rings. The van der Waals surface area contributed by atoms with E-state index in [1.807, 2.05) is 19.1 Å². The molecule has 1 saturated carbocycles. The Bertz CT molecular complexity index is 966. The molecule has 192 valence electrons. The number of rotatable bonds is 7. The zero-order valence-corrected chi connectivity index (χ0v) is 21.8. The van der Waals surface area contributed by atoms with Gasteiger partial charge in [0.2, 0.25) is 0 Å². The lowest BCUT2D eigenvalue weighted by Crippen LogP contribution is -2.62. The maximum atomic E-state index is 13.1. The molecular formula is C29H40O6. The summed E-state index contributed by atoms with van der Waals surface area (Å²) >= 11 is 0. The lowest BCUT2D eigenvalue weighted by Gasteiger charge is -2.52. The number of benzene rings is 1. The minimum Gasteiger partial charge on any atom is -0.457 e. The first kappa shape index (κ1) is 25.9. The first-order valence-corrected chi connectivity index (χ1v) is 13.0. The number of hydrogen-bond donors (Lipinski definition) is 1. The summed E-state index contributed by atoms with van der Waals surface area (Å²) in [5.74, 6) is 0.0521. The fraction of sp³-hybridized carbons (Fsp3) is 0.655. The highest BCUT2D eigenvalue weighted by Gasteiger charge is 2.72. The van der Waals surface area contributed by atoms with Crippen LogP contribution < -0.4 is 0 Å². The SMILES string of the molecule is CC(C)c1ccc(/C=C/C(=O)O[C@H]2[C@@H]3[C@H](C)CC[C@H]3[C@]3(C)OC2(C(C)C)C[C@H]3OC(=O)CO)cc1. The quantitative estimate of drug-likeness (QED) is 0.438. The summed E-state index contributed by atoms with van der Waals surface area (Å²) < 4.78 is 18.8. The van der Waals surface area contributed by atoms with Crippen LogP contribution in [-0.2, 0) is 23.8 Å². The topological polar surface area (TPSA) is 82.1 Å². The molecule has 3 aliphatic rings. The van der Waals surface area contributed by atoms with Gasteiger partial charge in [-0.05, 0) is 60.6 Å². The van der Waals surface area contributed by atoms with Gasteiger partial charge in [-0.15, -0.1) is 0 Å². The molecule has 7 atom stereocenters. The predicted molar refractivity (Wildman–Crippen MR) is 133 cm³/mol. The van der Waals surface area contributed by atoms with Crippen LogP contribution in [0.5, 0.6) is 0 Å². The number of hydrogen-bond acceptors (Lipinski definition) is 6. The van der Waals surface area contributed by atoms with Crippen LogP contribution in [0.2, 0.25) is 0 Å². The van der Waals surface area contributed by atoms with Crippen LogP contribution in [0.4, 0.5) is 0 Å². The van der Waals surface area contributed by atoms with E-state index < -0.39 is 36.0 Å². The maximum absolute atomic E-state index is 13.1. The van der Waals surface area contributed by atoms with E-state index in [0.717, 1.165) is 18.4 Å². The molecule has 3 fully saturated rings. The normalized spacial score (nSPS) is 36.1. The van der Waals surface area contributed by atoms with Crippen molar-refractivity contribution in [1.29, 1.82) is 0 Å². The highest BCUT2D eigenvalue weighted by molar-refractivity contribution is 5.87. The molecule has 0 amide bonds. The van der Waals surface area contributed by atoms with Gasteiger partial charge in [0.25, 0.3) is 0 Å². The number of carbonyl (C=O) groups is 2. The van der Waals surface area contributed by atoms with Crippen LogP contribution >= 0.6 is 0 Å². The average Bonchev–Trinajstić information content (AvgIpc) is 3.33. The molecule has 4 rings (SSSR count). The van der Waals surface area contributed by atoms with Crippen LogP contribution in [-0.4, -0.2) is 47.1 Å². The molecule has 35 heavy (non-hydrogen) atoms. The summed E-state index contributed by atoms with van der Waals surface area (Å²) in [6, 6.07) is 8.18. The van der Waals surface area contributed by atoms with E-state index in [1.54, 1.807) is 6.08 Å². The summed E-state index contributed by atoms with van der Waals surface area (Å²) in [5, 5.41) is 9.30. The highest BCUT2D eigenvalue weighted by Crippen LogP contribution is 2.63. The van der Waals surface area contributed by atoms with E-state index in [-0.39, 0.29) is 23.7 Å². The predicted octanol–water partition coefficient (Wildman–Crippen LogP) is 4.89. The third kappa shape index (κ3) is 4.55. The first-order chi connectivity index (χ1) is 16.5. The minimum absolute atomic E-state index is 0.0405. The molecule has 0 radical (unpaired) electrons. The van der Waals surface area contributed by atoms with E-state index >= 15 is 0 Å². The molecule has 0 aromatic heterocycles. The second-order valence-corrected chi connectivity index (χ2v) is 11.5. The van der Waals surface area contributed by atoms with Crippen LogP contribution in [0.1, 0.15) is 77.8 Å². The second kappa shape index (κ2) is 9.70. The van der Waals surface area contributed by atoms with E-state index in [9.17, 15) is 14.7 Å². The molecule has 2 saturated heterocycles. The Labute approximate surface area is 209 Å². The third-order valence-corrected chi connectivity index (χ3v) is 8.81. The molecule has 2 aliphatic heterocycles. The Morgan fingerprint density at radius 3 is 2.43 bits per heavy atom. The van der Waals surface area contributed by atoms with Crippen molar-refractivity contribution < 1.29 is 28.9 Å². The van der Waals surface area contributed by atoms with E-state index in [1.165, 1.54) is 11.6 Å². The number of carbonyl (C=O) groups excluding carboxylic acids is 2. The third-order valence-electron chi connectivity index (χ3n) is 8.81. The molecule has 6 nitrogen and oxygen atoms in total. The van der Waals surface area contributed by atoms with Crippen molar-refractivity contribution in [3.8, 4) is 0 Å². The number of ether oxygens (including phenoxy) is 3. The number of fused-ring (bicyclic) bond motifs is 4. The molecular weight excluding hydrogens is 444 g/mol. The first-order valence-electron chi connectivity index (χ1n) is 13.0. The van der Waals surface area contributed by atoms with Gasteiger partial charge in [-0.3, -0.25) is 0 Å². The van der Waals surface area contributed by atoms with Gasteiger partial charge < -0.3 is 19.3 Å². The molecule has 1 aromatic carbocycles. The molecule has 6 heteroatoms. The fourth-order valence-electron chi connectivity index (χ4n) is 6.76. The molecule has 2 heterocycles. The Morgan fingerprint density at radius 2 is 1.83 bits per heavy atom. The zero-order chi connectivity index (χ0) is 25.5. The van der Waals surface area contributed by atoms with Gasteiger partial charge in [0, 0.05) is 18.4 Å². The number of esters is 2. The van der Waals surface area contributed by atoms with E-state index in [0.29, 0.717) is 18.3 Å². The largest absolute Gasteiger partial charge is 0.457 e. The van der Waals surface area contributed by atoms with Crippen LogP contribution in [0.25, 0.3) is 6.08 Å². The molecule has 1 N–H and O–H groups in total. The van der Waals surface area contributed by atoms with Gasteiger partial charge in [0.15, 0.2) is 0 Å². The average molecular weight is 485 g/mol. The Hall–Kier alpha value is -2.18. The Balaban J connectivity index is 1.60. The van der Waals surface area contributed by atoms with Crippen LogP contribution in [0.3, 0.4) is 0 Å². The van der Waals surface area contributed by atoms with E-state index in [4.69, 9.17) is 14.2 Å². The summed E-state index contributed by atoms with van der Waals surface area (Å²) in [6.07, 6.45) is 4.75. The second-order valence-electron chi connectivity index (χ2n) is 11.5. The van der Waals surface area contributed by atoms with Gasteiger partial charge in [0.1, 0.15) is 30.0 Å². The summed E-state index contributed by atoms with van der Waals surface area (Å²) in [5.41, 5.74) is 0.782. The minimum atomic E-state index is -0.753. The van der Waals surface area contributed by atoms with Gasteiger partial charge in [0.05, 0.1) is 0 Å². The zero-order valence-electron chi connectivity index (χ0n) is 21.8. The Kier molecular flexibility index (Phi) is 7.18. The molecule has 0 spiro atoms. The van der Waals surface area contributed by atoms with Crippen molar-refractivity contribution in [2.45, 2.75) is 90.1 Å². The van der Waals surface area contributed by atoms with Gasteiger partial charge >= 0.3 is 11.9 Å². The van der Waals surface area contributed by atoms with Crippen molar-refractivity contribution >= 4 is 18.0 Å². The van der Waals surface area contributed by atoms with E-state index in [2.05, 4.69) is 46.8 Å². The van der Waals surface area contributed by atoms with Gasteiger partial charge in [-0.1, -0.05) is 58.9 Å². The molecule has 1 unspecified atom stereocenters. The lowest BCUT2D eigenvalue weighted by atomic mass is 9.69. The summed E-state index contributed by atoms with van der Waals surface area (Å²) in [6.45, 7) is 12.0. The van der Waals surface area contributed by atoms with Gasteiger partial charge in [-0.2, -0.15) is 0 Å². The van der Waals surface area contributed by atoms with Gasteiger partial charge in [-0.25, -0.2) is 9.59 Å². The van der Waals surface area contributed by atoms with Crippen LogP contribution in [0.15, 0.2) is 30.3 Å². The maximum Gasteiger partial charge on any atom is 0.332 e. The fourth-order valence-corrected chi connectivity index (χ4v) is 6.76. The summed E-state index contributed by atoms with van der Waals surface area (Å²) in [7, 11) is 0. The number of aliphatic hydroxyl groups excluding tert-OH is 1. The van der Waals surface area contributed by atoms with Crippen molar-refractivity contribution in [3.63, 3.8) is 0 Å². The highest BCUT2D eigenvalue weighted by atomic mass is 16.6. The smallest absolute Gasteiger partial charge is 0.332 e. The number of aliphatic hydroxyl groups is 1. The summed E-state index contributed by atoms with van der Waals surface area (Å²) in [4.78, 5) is 25.1. The van der Waals surface area contributed by atoms with Crippen molar-refractivity contribution in [2.24, 2.45) is 23.7 Å². The van der Waals surface area contributed by atoms with Crippen LogP contribution in [0, 0.1) is 23.7 Å². The monoisotopic (exact) mass is 484 g/mol.